The molecule has 0 aliphatic carbocycles. The number of hydrogen-bond acceptors (Lipinski definition) is 16. The van der Waals surface area contributed by atoms with Crippen molar-refractivity contribution in [1.29, 1.82) is 0 Å². The average Bonchev–Trinajstić information content (AvgIpc) is 1.47. The van der Waals surface area contributed by atoms with E-state index >= 15 is 0 Å². The predicted octanol–water partition coefficient (Wildman–Crippen LogP) is 25.5. The van der Waals surface area contributed by atoms with Gasteiger partial charge in [0, 0.05) is 193 Å². The second kappa shape index (κ2) is 62.9. The molecule has 0 unspecified atom stereocenters. The molecule has 0 bridgehead atoms. The van der Waals surface area contributed by atoms with Crippen LogP contribution in [-0.4, -0.2) is 78.6 Å². The monoisotopic (exact) mass is 2810 g/mol. The summed E-state index contributed by atoms with van der Waals surface area (Å²) in [6.07, 6.45) is 9.68. The van der Waals surface area contributed by atoms with Crippen LogP contribution >= 0.6 is 22.7 Å². The van der Waals surface area contributed by atoms with E-state index in [2.05, 4.69) is 114 Å². The van der Waals surface area contributed by atoms with E-state index in [1.54, 1.807) is 96.8 Å². The van der Waals surface area contributed by atoms with Gasteiger partial charge in [-0.2, -0.15) is 25.3 Å². The minimum absolute atomic E-state index is 0. The van der Waals surface area contributed by atoms with E-state index < -0.39 is 23.3 Å². The van der Waals surface area contributed by atoms with E-state index in [-0.39, 0.29) is 172 Å². The number of pyridine rings is 7. The summed E-state index contributed by atoms with van der Waals surface area (Å²) in [6, 6.07) is 105. The molecule has 0 spiro atoms. The van der Waals surface area contributed by atoms with E-state index in [1.807, 2.05) is 229 Å². The van der Waals surface area contributed by atoms with Gasteiger partial charge in [-0.3, -0.25) is 19.4 Å². The molecule has 9 heterocycles. The molecule has 0 amide bonds. The Morgan fingerprint density at radius 3 is 1.13 bits per heavy atom. The van der Waals surface area contributed by atoms with Crippen LogP contribution in [0.15, 0.2) is 351 Å². The topological polar surface area (TPSA) is 239 Å². The Balaban J connectivity index is 0.00000140. The number of fused-ring (bicyclic) bond motifs is 1. The fourth-order valence-corrected chi connectivity index (χ4v) is 11.3. The quantitative estimate of drug-likeness (QED) is 0.0535. The molecule has 0 aliphatic rings. The van der Waals surface area contributed by atoms with E-state index in [1.165, 1.54) is 79.4 Å². The molecule has 672 valence electrons. The number of benzene rings is 6. The van der Waals surface area contributed by atoms with Crippen LogP contribution < -0.4 is 0 Å². The molecule has 0 atom stereocenters. The van der Waals surface area contributed by atoms with Crippen LogP contribution in [0, 0.1) is 54.2 Å². The average molecular weight is 2810 g/mol. The molecular weight excluding hydrogens is 2710 g/mol. The largest absolute Gasteiger partial charge is 0.512 e. The fraction of sp³-hybridized carbons (Fsp3) is 0.139. The van der Waals surface area contributed by atoms with Crippen molar-refractivity contribution >= 4 is 56.1 Å². The van der Waals surface area contributed by atoms with Gasteiger partial charge in [0.1, 0.15) is 17.1 Å². The molecule has 0 saturated carbocycles. The van der Waals surface area contributed by atoms with Gasteiger partial charge in [0.25, 0.3) is 0 Å². The minimum atomic E-state index is -4.42. The summed E-state index contributed by atoms with van der Waals surface area (Å²) in [7, 11) is 0. The van der Waals surface area contributed by atoms with Crippen molar-refractivity contribution in [2.75, 3.05) is 0 Å². The first kappa shape index (κ1) is 117. The van der Waals surface area contributed by atoms with Gasteiger partial charge < -0.3 is 45.3 Å². The van der Waals surface area contributed by atoms with E-state index in [9.17, 15) is 37.5 Å². The van der Waals surface area contributed by atoms with Crippen LogP contribution in [0.1, 0.15) is 91.0 Å². The van der Waals surface area contributed by atoms with Gasteiger partial charge >= 0.3 is 12.1 Å². The zero-order valence-electron chi connectivity index (χ0n) is 70.8. The number of ketones is 3. The van der Waals surface area contributed by atoms with Crippen LogP contribution in [0.5, 0.6) is 0 Å². The molecule has 9 aromatic heterocycles. The van der Waals surface area contributed by atoms with Crippen LogP contribution in [0.2, 0.25) is 0 Å². The second-order valence-electron chi connectivity index (χ2n) is 27.8. The van der Waals surface area contributed by atoms with Crippen LogP contribution in [0.25, 0.3) is 87.4 Å². The maximum Gasteiger partial charge on any atom is 0.432 e. The van der Waals surface area contributed by atoms with Crippen molar-refractivity contribution in [3.05, 3.63) is 404 Å². The van der Waals surface area contributed by atoms with Gasteiger partial charge in [-0.05, 0) is 127 Å². The Kier molecular flexibility index (Phi) is 57.8. The molecular formula is C101H92F3Ir6N7O8S2-6. The number of allylic oxidation sites excluding steroid dienone is 6. The molecule has 15 nitrogen and oxygen atoms in total. The Hall–Kier alpha value is -10.2. The fourth-order valence-electron chi connectivity index (χ4n) is 9.64. The molecule has 4 N–H and O–H groups in total. The van der Waals surface area contributed by atoms with Gasteiger partial charge in [-0.25, -0.2) is 32.5 Å². The molecule has 6 radical (unpaired) electrons. The molecule has 0 fully saturated rings. The zero-order chi connectivity index (χ0) is 88.0. The summed E-state index contributed by atoms with van der Waals surface area (Å²) in [6.45, 7) is 18.4. The van der Waals surface area contributed by atoms with Gasteiger partial charge in [-0.15, -0.1) is 172 Å². The number of carbonyl (C=O) groups is 4. The van der Waals surface area contributed by atoms with Crippen LogP contribution in [0.3, 0.4) is 0 Å². The van der Waals surface area contributed by atoms with Crippen LogP contribution in [0.4, 0.5) is 13.2 Å². The molecule has 15 aromatic rings. The van der Waals surface area contributed by atoms with E-state index in [0.29, 0.717) is 11.1 Å². The molecule has 0 saturated heterocycles. The number of aliphatic hydroxyl groups excluding tert-OH is 3. The van der Waals surface area contributed by atoms with Crippen molar-refractivity contribution in [2.24, 2.45) is 10.8 Å². The summed E-state index contributed by atoms with van der Waals surface area (Å²) in [5.41, 5.74) is 10.2. The number of aryl methyl sites for hydroxylation is 1. The third-order valence-electron chi connectivity index (χ3n) is 15.5. The number of nitrogens with zero attached hydrogens (tertiary/aromatic N) is 7. The maximum atomic E-state index is 12.6. The van der Waals surface area contributed by atoms with Gasteiger partial charge in [0.15, 0.2) is 17.3 Å². The number of carbonyl (C=O) groups excluding carboxylic acids is 3. The maximum absolute atomic E-state index is 12.6. The molecule has 6 aromatic carbocycles. The van der Waals surface area contributed by atoms with Crippen LogP contribution in [-0.2, 0) is 141 Å². The number of aromatic carboxylic acids is 1. The van der Waals surface area contributed by atoms with Gasteiger partial charge in [0.05, 0.1) is 11.5 Å². The Labute approximate surface area is 831 Å². The van der Waals surface area contributed by atoms with Crippen molar-refractivity contribution in [2.45, 2.75) is 82.3 Å². The summed E-state index contributed by atoms with van der Waals surface area (Å²) >= 11 is 3.39. The van der Waals surface area contributed by atoms with Crippen molar-refractivity contribution < 1.29 is 173 Å². The zero-order valence-corrected chi connectivity index (χ0v) is 86.8. The molecule has 127 heavy (non-hydrogen) atoms. The summed E-state index contributed by atoms with van der Waals surface area (Å²) in [5, 5.41) is 37.8. The first-order valence-corrected chi connectivity index (χ1v) is 39.4. The summed E-state index contributed by atoms with van der Waals surface area (Å²) in [4.78, 5) is 72.4. The Morgan fingerprint density at radius 2 is 0.780 bits per heavy atom. The Bertz CT molecular complexity index is 5390. The summed E-state index contributed by atoms with van der Waals surface area (Å²) in [5.74, 6) is -1.01. The standard InChI is InChI=1S/C17H12N.C13H9F3N.C13H8NS.2C11H8N.C11H20O2.C9H6NS.C6H5NO2.2C5H8O2.6Ir/c1-2-7-14(8-3-1)15-9-6-10-16(13-15)17-11-4-5-12-18-17;1-9-7-11(10-5-3-2-4-6-10)17-12(8-9)13(14,15)16;1-2-7-12-10(5-1)9-13(15-12)11-6-3-4-8-14-11;2*1-2-6-10(7-3-1)11-8-4-5-9-12-11;1-10(2,3)8(12)7-9(13)11(4,5)6;1-2-6-10-8(4-1)9-5-3-7-11-9;8-6(9)5-3-1-2-4-7-5;2*1-4(6)3-5(2)7;;;;;;/h1-9,11-13H;2-5,7-8H,1H3;1-8H;2*1-6,8-9H;7,12H,1-6H3;1-4,6-7H;1-4H,(H,8,9);2*3,6H,1-2H3;;;;;;/q5*-1;;-1;;;;;;;;;. The molecule has 15 rings (SSSR count). The van der Waals surface area contributed by atoms with Crippen molar-refractivity contribution in [3.8, 4) is 77.3 Å². The first-order chi connectivity index (χ1) is 57.8. The van der Waals surface area contributed by atoms with Crippen molar-refractivity contribution in [1.82, 2.24) is 34.9 Å². The first-order valence-electron chi connectivity index (χ1n) is 37.7. The SMILES string of the molecule is CC(=O)C=C(C)O.CC(=O)C=C(C)O.CC(C)(C)C(=O)C=C(O)C(C)(C)C.Cc1cc(-c2[c-]cccc2)nc(C(F)(F)F)c1.O=C(O)c1ccccn1.[Ir].[Ir].[Ir].[Ir].[Ir].[Ir].[c-]1c(-c2ccccn2)sc2ccccc12.[c-]1ccc(-c2ccccc2)cc1-c1ccccn1.[c-]1ccccc1-c1ccccn1.[c-]1ccccc1-c1ccccn1.[c-]1ccsc1-c1ccccn1. The summed E-state index contributed by atoms with van der Waals surface area (Å²) < 4.78 is 39.0. The van der Waals surface area contributed by atoms with Crippen molar-refractivity contribution in [3.63, 3.8) is 0 Å². The van der Waals surface area contributed by atoms with E-state index in [4.69, 9.17) is 15.3 Å². The second-order valence-corrected chi connectivity index (χ2v) is 29.8. The number of carboxylic acids is 1. The number of hydrogen-bond donors (Lipinski definition) is 4. The molecule has 0 aliphatic heterocycles. The predicted molar refractivity (Wildman–Crippen MR) is 479 cm³/mol. The van der Waals surface area contributed by atoms with Gasteiger partial charge in [0.2, 0.25) is 0 Å². The number of thiophene rings is 2. The number of alkyl halides is 3. The number of halogens is 3. The third kappa shape index (κ3) is 46.4. The smallest absolute Gasteiger partial charge is 0.432 e. The van der Waals surface area contributed by atoms with Gasteiger partial charge in [-0.1, -0.05) is 167 Å². The van der Waals surface area contributed by atoms with E-state index in [0.717, 1.165) is 61.0 Å². The Morgan fingerprint density at radius 1 is 0.378 bits per heavy atom. The number of rotatable bonds is 11. The number of aromatic nitrogens is 7. The number of carboxylic acid groups (broad SMARTS) is 1. The molecule has 26 heteroatoms. The third-order valence-corrected chi connectivity index (χ3v) is 17.4. The number of aliphatic hydroxyl groups is 3. The normalized spacial score (nSPS) is 10.3. The minimum Gasteiger partial charge on any atom is -0.512 e.